The third kappa shape index (κ3) is 4.17. The summed E-state index contributed by atoms with van der Waals surface area (Å²) in [6.45, 7) is 4.82. The highest BCUT2D eigenvalue weighted by Gasteiger charge is 2.26. The predicted molar refractivity (Wildman–Crippen MR) is 94.5 cm³/mol. The molecule has 1 unspecified atom stereocenters. The number of aromatic nitrogens is 1. The quantitative estimate of drug-likeness (QED) is 0.792. The first-order valence-corrected chi connectivity index (χ1v) is 8.92. The van der Waals surface area contributed by atoms with Crippen LogP contribution in [0, 0.1) is 0 Å². The summed E-state index contributed by atoms with van der Waals surface area (Å²) in [5.41, 5.74) is 0. The number of likely N-dealkylation sites (tertiary alicyclic amines) is 1. The summed E-state index contributed by atoms with van der Waals surface area (Å²) >= 11 is 0. The highest BCUT2D eigenvalue weighted by Crippen LogP contribution is 2.30. The smallest absolute Gasteiger partial charge is 0.223 e. The second kappa shape index (κ2) is 7.83. The second-order valence-electron chi connectivity index (χ2n) is 6.89. The molecular formula is C18H28N4O2. The van der Waals surface area contributed by atoms with Crippen molar-refractivity contribution in [2.24, 2.45) is 0 Å². The van der Waals surface area contributed by atoms with Crippen LogP contribution >= 0.6 is 0 Å². The number of pyridine rings is 1. The van der Waals surface area contributed by atoms with Gasteiger partial charge in [-0.25, -0.2) is 4.98 Å². The number of hydrogen-bond acceptors (Lipinski definition) is 5. The number of amides is 1. The van der Waals surface area contributed by atoms with Crippen LogP contribution in [0.4, 0.5) is 5.82 Å². The van der Waals surface area contributed by atoms with Gasteiger partial charge in [-0.15, -0.1) is 0 Å². The van der Waals surface area contributed by atoms with E-state index in [4.69, 9.17) is 4.74 Å². The monoisotopic (exact) mass is 332 g/mol. The summed E-state index contributed by atoms with van der Waals surface area (Å²) in [6.07, 6.45) is 6.06. The maximum absolute atomic E-state index is 11.7. The Morgan fingerprint density at radius 2 is 2.12 bits per heavy atom. The molecule has 6 heteroatoms. The van der Waals surface area contributed by atoms with Gasteiger partial charge >= 0.3 is 0 Å². The molecule has 1 amide bonds. The van der Waals surface area contributed by atoms with Crippen molar-refractivity contribution in [3.63, 3.8) is 0 Å². The molecule has 6 nitrogen and oxygen atoms in total. The van der Waals surface area contributed by atoms with Crippen molar-refractivity contribution in [1.29, 1.82) is 0 Å². The summed E-state index contributed by atoms with van der Waals surface area (Å²) < 4.78 is 6.26. The molecule has 3 heterocycles. The average Bonchev–Trinajstić information content (AvgIpc) is 3.25. The van der Waals surface area contributed by atoms with Crippen molar-refractivity contribution in [2.75, 3.05) is 51.7 Å². The van der Waals surface area contributed by atoms with Crippen molar-refractivity contribution in [3.8, 4) is 5.75 Å². The zero-order chi connectivity index (χ0) is 16.9. The highest BCUT2D eigenvalue weighted by atomic mass is 16.5. The fraction of sp³-hybridized carbons (Fsp3) is 0.667. The number of rotatable bonds is 6. The van der Waals surface area contributed by atoms with Gasteiger partial charge in [-0.05, 0) is 31.4 Å². The van der Waals surface area contributed by atoms with Crippen molar-refractivity contribution in [2.45, 2.75) is 31.8 Å². The van der Waals surface area contributed by atoms with E-state index < -0.39 is 0 Å². The van der Waals surface area contributed by atoms with Gasteiger partial charge in [-0.2, -0.15) is 0 Å². The molecular weight excluding hydrogens is 304 g/mol. The Bertz CT molecular complexity index is 558. The van der Waals surface area contributed by atoms with E-state index in [9.17, 15) is 4.79 Å². The SMILES string of the molecule is CN(C)C(=O)CCN1CCC(Oc2cccnc2N2CCCC2)C1. The molecule has 2 aliphatic heterocycles. The lowest BCUT2D eigenvalue weighted by molar-refractivity contribution is -0.129. The average molecular weight is 332 g/mol. The Balaban J connectivity index is 1.53. The van der Waals surface area contributed by atoms with Crippen LogP contribution in [0.2, 0.25) is 0 Å². The minimum absolute atomic E-state index is 0.183. The topological polar surface area (TPSA) is 48.9 Å². The first kappa shape index (κ1) is 17.0. The van der Waals surface area contributed by atoms with Gasteiger partial charge in [-0.1, -0.05) is 0 Å². The molecule has 2 fully saturated rings. The molecule has 2 saturated heterocycles. The van der Waals surface area contributed by atoms with Gasteiger partial charge in [0.2, 0.25) is 5.91 Å². The van der Waals surface area contributed by atoms with Crippen LogP contribution < -0.4 is 9.64 Å². The Morgan fingerprint density at radius 3 is 2.88 bits per heavy atom. The van der Waals surface area contributed by atoms with Gasteiger partial charge in [0.15, 0.2) is 11.6 Å². The summed E-state index contributed by atoms with van der Waals surface area (Å²) in [6, 6.07) is 3.97. The summed E-state index contributed by atoms with van der Waals surface area (Å²) in [5, 5.41) is 0. The molecule has 24 heavy (non-hydrogen) atoms. The molecule has 1 aromatic rings. The van der Waals surface area contributed by atoms with Gasteiger partial charge in [-0.3, -0.25) is 9.69 Å². The Hall–Kier alpha value is -1.82. The molecule has 3 rings (SSSR count). The first-order valence-electron chi connectivity index (χ1n) is 8.92. The van der Waals surface area contributed by atoms with E-state index in [2.05, 4.69) is 14.8 Å². The normalized spacial score (nSPS) is 21.2. The Kier molecular flexibility index (Phi) is 5.56. The molecule has 0 aliphatic carbocycles. The van der Waals surface area contributed by atoms with Crippen molar-refractivity contribution in [3.05, 3.63) is 18.3 Å². The molecule has 0 aromatic carbocycles. The summed E-state index contributed by atoms with van der Waals surface area (Å²) in [4.78, 5) is 22.5. The third-order valence-corrected chi connectivity index (χ3v) is 4.82. The van der Waals surface area contributed by atoms with E-state index in [-0.39, 0.29) is 12.0 Å². The maximum atomic E-state index is 11.7. The number of ether oxygens (including phenoxy) is 1. The van der Waals surface area contributed by atoms with Crippen LogP contribution in [0.15, 0.2) is 18.3 Å². The van der Waals surface area contributed by atoms with Gasteiger partial charge in [0.25, 0.3) is 0 Å². The summed E-state index contributed by atoms with van der Waals surface area (Å²) in [5.74, 6) is 2.06. The molecule has 0 bridgehead atoms. The van der Waals surface area contributed by atoms with E-state index in [1.54, 1.807) is 19.0 Å². The Morgan fingerprint density at radius 1 is 1.33 bits per heavy atom. The molecule has 2 aliphatic rings. The minimum Gasteiger partial charge on any atom is -0.485 e. The molecule has 0 saturated carbocycles. The number of carbonyl (C=O) groups excluding carboxylic acids is 1. The zero-order valence-electron chi connectivity index (χ0n) is 14.8. The highest BCUT2D eigenvalue weighted by molar-refractivity contribution is 5.75. The molecule has 1 aromatic heterocycles. The predicted octanol–water partition coefficient (Wildman–Crippen LogP) is 1.61. The second-order valence-corrected chi connectivity index (χ2v) is 6.89. The van der Waals surface area contributed by atoms with Gasteiger partial charge < -0.3 is 14.5 Å². The van der Waals surface area contributed by atoms with Crippen molar-refractivity contribution in [1.82, 2.24) is 14.8 Å². The molecule has 0 N–H and O–H groups in total. The lowest BCUT2D eigenvalue weighted by Gasteiger charge is -2.22. The standard InChI is InChI=1S/C18H28N4O2/c1-20(2)17(23)8-13-21-12-7-15(14-21)24-16-6-5-9-19-18(16)22-10-3-4-11-22/h5-6,9,15H,3-4,7-8,10-14H2,1-2H3. The minimum atomic E-state index is 0.183. The Labute approximate surface area is 144 Å². The summed E-state index contributed by atoms with van der Waals surface area (Å²) in [7, 11) is 3.61. The largest absolute Gasteiger partial charge is 0.485 e. The van der Waals surface area contributed by atoms with E-state index in [0.29, 0.717) is 6.42 Å². The van der Waals surface area contributed by atoms with Crippen molar-refractivity contribution >= 4 is 11.7 Å². The molecule has 0 spiro atoms. The van der Waals surface area contributed by atoms with Crippen LogP contribution in [0.1, 0.15) is 25.7 Å². The van der Waals surface area contributed by atoms with Gasteiger partial charge in [0.05, 0.1) is 0 Å². The van der Waals surface area contributed by atoms with Crippen LogP contribution in [0.3, 0.4) is 0 Å². The van der Waals surface area contributed by atoms with Crippen LogP contribution in [-0.4, -0.2) is 73.6 Å². The van der Waals surface area contributed by atoms with E-state index in [1.165, 1.54) is 12.8 Å². The zero-order valence-corrected chi connectivity index (χ0v) is 14.8. The lowest BCUT2D eigenvalue weighted by Crippen LogP contribution is -2.30. The molecule has 0 radical (unpaired) electrons. The fourth-order valence-electron chi connectivity index (χ4n) is 3.39. The van der Waals surface area contributed by atoms with Crippen LogP contribution in [0.5, 0.6) is 5.75 Å². The van der Waals surface area contributed by atoms with Crippen LogP contribution in [-0.2, 0) is 4.79 Å². The molecule has 132 valence electrons. The van der Waals surface area contributed by atoms with E-state index >= 15 is 0 Å². The van der Waals surface area contributed by atoms with E-state index in [0.717, 1.165) is 50.7 Å². The number of nitrogens with zero attached hydrogens (tertiary/aromatic N) is 4. The van der Waals surface area contributed by atoms with Crippen molar-refractivity contribution < 1.29 is 9.53 Å². The fourth-order valence-corrected chi connectivity index (χ4v) is 3.39. The van der Waals surface area contributed by atoms with Gasteiger partial charge in [0, 0.05) is 59.4 Å². The van der Waals surface area contributed by atoms with Crippen LogP contribution in [0.25, 0.3) is 0 Å². The van der Waals surface area contributed by atoms with Gasteiger partial charge in [0.1, 0.15) is 6.10 Å². The number of carbonyl (C=O) groups is 1. The lowest BCUT2D eigenvalue weighted by atomic mass is 10.3. The first-order chi connectivity index (χ1) is 11.6. The van der Waals surface area contributed by atoms with E-state index in [1.807, 2.05) is 18.3 Å². The molecule has 1 atom stereocenters. The maximum Gasteiger partial charge on any atom is 0.223 e. The third-order valence-electron chi connectivity index (χ3n) is 4.82. The number of anilines is 1. The number of hydrogen-bond donors (Lipinski definition) is 0.